The van der Waals surface area contributed by atoms with Gasteiger partial charge in [0.15, 0.2) is 0 Å². The Morgan fingerprint density at radius 2 is 1.93 bits per heavy atom. The van der Waals surface area contributed by atoms with E-state index in [4.69, 9.17) is 9.47 Å². The highest BCUT2D eigenvalue weighted by atomic mass is 16.5. The molecule has 1 aliphatic rings. The predicted octanol–water partition coefficient (Wildman–Crippen LogP) is 2.76. The number of amides is 2. The number of para-hydroxylation sites is 1. The SMILES string of the molecule is CCOc1ccccc1CNC(=O)[C@@H]1CC(=O)N(c2ccc(OC)cc2)C1. The molecule has 1 heterocycles. The van der Waals surface area contributed by atoms with Gasteiger partial charge in [0.05, 0.1) is 19.6 Å². The van der Waals surface area contributed by atoms with Crippen LogP contribution in [0.3, 0.4) is 0 Å². The Kier molecular flexibility index (Phi) is 5.96. The molecule has 1 aliphatic heterocycles. The average Bonchev–Trinajstić information content (AvgIpc) is 3.09. The number of hydrogen-bond acceptors (Lipinski definition) is 4. The maximum atomic E-state index is 12.6. The largest absolute Gasteiger partial charge is 0.497 e. The van der Waals surface area contributed by atoms with Gasteiger partial charge in [-0.3, -0.25) is 9.59 Å². The molecular weight excluding hydrogens is 344 g/mol. The number of carbonyl (C=O) groups is 2. The van der Waals surface area contributed by atoms with Crippen molar-refractivity contribution in [3.63, 3.8) is 0 Å². The van der Waals surface area contributed by atoms with Crippen molar-refractivity contribution in [2.45, 2.75) is 19.9 Å². The number of ether oxygens (including phenoxy) is 2. The van der Waals surface area contributed by atoms with Crippen LogP contribution in [0.4, 0.5) is 5.69 Å². The van der Waals surface area contributed by atoms with Crippen molar-refractivity contribution in [3.8, 4) is 11.5 Å². The van der Waals surface area contributed by atoms with Crippen LogP contribution < -0.4 is 19.7 Å². The van der Waals surface area contributed by atoms with Crippen LogP contribution in [0.15, 0.2) is 48.5 Å². The topological polar surface area (TPSA) is 67.9 Å². The zero-order valence-corrected chi connectivity index (χ0v) is 15.6. The van der Waals surface area contributed by atoms with Gasteiger partial charge in [0.1, 0.15) is 11.5 Å². The molecule has 3 rings (SSSR count). The number of benzene rings is 2. The summed E-state index contributed by atoms with van der Waals surface area (Å²) in [7, 11) is 1.60. The Morgan fingerprint density at radius 1 is 1.19 bits per heavy atom. The lowest BCUT2D eigenvalue weighted by atomic mass is 10.1. The Morgan fingerprint density at radius 3 is 2.63 bits per heavy atom. The molecule has 2 aromatic rings. The van der Waals surface area contributed by atoms with E-state index in [9.17, 15) is 9.59 Å². The number of hydrogen-bond donors (Lipinski definition) is 1. The summed E-state index contributed by atoms with van der Waals surface area (Å²) in [5, 5.41) is 2.93. The van der Waals surface area contributed by atoms with Crippen LogP contribution in [0.2, 0.25) is 0 Å². The van der Waals surface area contributed by atoms with Crippen molar-refractivity contribution >= 4 is 17.5 Å². The van der Waals surface area contributed by atoms with Gasteiger partial charge >= 0.3 is 0 Å². The first-order chi connectivity index (χ1) is 13.1. The van der Waals surface area contributed by atoms with E-state index in [2.05, 4.69) is 5.32 Å². The van der Waals surface area contributed by atoms with Crippen molar-refractivity contribution in [1.29, 1.82) is 0 Å². The summed E-state index contributed by atoms with van der Waals surface area (Å²) >= 11 is 0. The third-order valence-corrected chi connectivity index (χ3v) is 4.61. The van der Waals surface area contributed by atoms with Crippen molar-refractivity contribution in [2.75, 3.05) is 25.2 Å². The van der Waals surface area contributed by atoms with Gasteiger partial charge in [0, 0.05) is 30.8 Å². The van der Waals surface area contributed by atoms with Crippen LogP contribution in [0.5, 0.6) is 11.5 Å². The first-order valence-corrected chi connectivity index (χ1v) is 9.05. The van der Waals surface area contributed by atoms with Gasteiger partial charge in [-0.25, -0.2) is 0 Å². The molecular formula is C21H24N2O4. The molecule has 0 radical (unpaired) electrons. The maximum absolute atomic E-state index is 12.6. The van der Waals surface area contributed by atoms with Crippen molar-refractivity contribution < 1.29 is 19.1 Å². The van der Waals surface area contributed by atoms with Crippen LogP contribution in [0.25, 0.3) is 0 Å². The summed E-state index contributed by atoms with van der Waals surface area (Å²) in [6.45, 7) is 3.25. The van der Waals surface area contributed by atoms with Gasteiger partial charge in [-0.15, -0.1) is 0 Å². The third-order valence-electron chi connectivity index (χ3n) is 4.61. The van der Waals surface area contributed by atoms with E-state index in [0.29, 0.717) is 19.7 Å². The van der Waals surface area contributed by atoms with Gasteiger partial charge in [-0.1, -0.05) is 18.2 Å². The predicted molar refractivity (Wildman–Crippen MR) is 103 cm³/mol. The second-order valence-corrected chi connectivity index (χ2v) is 6.36. The highest BCUT2D eigenvalue weighted by Crippen LogP contribution is 2.27. The smallest absolute Gasteiger partial charge is 0.227 e. The third kappa shape index (κ3) is 4.39. The zero-order valence-electron chi connectivity index (χ0n) is 15.6. The Labute approximate surface area is 159 Å². The molecule has 2 amide bonds. The summed E-state index contributed by atoms with van der Waals surface area (Å²) in [5.41, 5.74) is 1.70. The molecule has 0 aromatic heterocycles. The summed E-state index contributed by atoms with van der Waals surface area (Å²) < 4.78 is 10.7. The van der Waals surface area contributed by atoms with E-state index in [1.165, 1.54) is 0 Å². The fourth-order valence-corrected chi connectivity index (χ4v) is 3.17. The van der Waals surface area contributed by atoms with Gasteiger partial charge in [-0.05, 0) is 37.3 Å². The lowest BCUT2D eigenvalue weighted by Gasteiger charge is -2.17. The molecule has 1 N–H and O–H groups in total. The zero-order chi connectivity index (χ0) is 19.2. The fraction of sp³-hybridized carbons (Fsp3) is 0.333. The molecule has 1 atom stereocenters. The first kappa shape index (κ1) is 18.8. The molecule has 0 unspecified atom stereocenters. The van der Waals surface area contributed by atoms with E-state index in [1.54, 1.807) is 24.1 Å². The molecule has 0 aliphatic carbocycles. The van der Waals surface area contributed by atoms with Gasteiger partial charge in [0.2, 0.25) is 11.8 Å². The molecule has 6 heteroatoms. The quantitative estimate of drug-likeness (QED) is 0.816. The Bertz CT molecular complexity index is 804. The van der Waals surface area contributed by atoms with Crippen LogP contribution in [0, 0.1) is 5.92 Å². The van der Waals surface area contributed by atoms with Crippen molar-refractivity contribution in [2.24, 2.45) is 5.92 Å². The number of rotatable bonds is 7. The number of carbonyl (C=O) groups excluding carboxylic acids is 2. The summed E-state index contributed by atoms with van der Waals surface area (Å²) in [4.78, 5) is 26.6. The minimum Gasteiger partial charge on any atom is -0.497 e. The molecule has 142 valence electrons. The van der Waals surface area contributed by atoms with Crippen molar-refractivity contribution in [3.05, 3.63) is 54.1 Å². The number of methoxy groups -OCH3 is 1. The van der Waals surface area contributed by atoms with Crippen LogP contribution >= 0.6 is 0 Å². The lowest BCUT2D eigenvalue weighted by molar-refractivity contribution is -0.126. The highest BCUT2D eigenvalue weighted by Gasteiger charge is 2.35. The molecule has 6 nitrogen and oxygen atoms in total. The monoisotopic (exact) mass is 368 g/mol. The molecule has 1 saturated heterocycles. The average molecular weight is 368 g/mol. The van der Waals surface area contributed by atoms with Gasteiger partial charge < -0.3 is 19.7 Å². The summed E-state index contributed by atoms with van der Waals surface area (Å²) in [5.74, 6) is 0.967. The molecule has 1 fully saturated rings. The van der Waals surface area contributed by atoms with E-state index >= 15 is 0 Å². The summed E-state index contributed by atoms with van der Waals surface area (Å²) in [6, 6.07) is 14.9. The maximum Gasteiger partial charge on any atom is 0.227 e. The van der Waals surface area contributed by atoms with E-state index in [-0.39, 0.29) is 24.2 Å². The molecule has 2 aromatic carbocycles. The van der Waals surface area contributed by atoms with E-state index in [0.717, 1.165) is 22.7 Å². The number of nitrogens with zero attached hydrogens (tertiary/aromatic N) is 1. The second-order valence-electron chi connectivity index (χ2n) is 6.36. The standard InChI is InChI=1S/C21H24N2O4/c1-3-27-19-7-5-4-6-15(19)13-22-21(25)16-12-20(24)23(14-16)17-8-10-18(26-2)11-9-17/h4-11,16H,3,12-14H2,1-2H3,(H,22,25)/t16-/m1/s1. The Balaban J connectivity index is 1.60. The van der Waals surface area contributed by atoms with Crippen LogP contribution in [-0.2, 0) is 16.1 Å². The highest BCUT2D eigenvalue weighted by molar-refractivity contribution is 6.00. The van der Waals surface area contributed by atoms with E-state index < -0.39 is 0 Å². The number of anilines is 1. The summed E-state index contributed by atoms with van der Waals surface area (Å²) in [6.07, 6.45) is 0.213. The fourth-order valence-electron chi connectivity index (χ4n) is 3.17. The molecule has 27 heavy (non-hydrogen) atoms. The number of nitrogens with one attached hydrogen (secondary N) is 1. The van der Waals surface area contributed by atoms with Crippen LogP contribution in [0.1, 0.15) is 18.9 Å². The van der Waals surface area contributed by atoms with Crippen LogP contribution in [-0.4, -0.2) is 32.1 Å². The van der Waals surface area contributed by atoms with Crippen molar-refractivity contribution in [1.82, 2.24) is 5.32 Å². The Hall–Kier alpha value is -3.02. The second kappa shape index (κ2) is 8.58. The molecule has 0 saturated carbocycles. The molecule has 0 bridgehead atoms. The van der Waals surface area contributed by atoms with E-state index in [1.807, 2.05) is 43.3 Å². The normalized spacial score (nSPS) is 16.3. The minimum atomic E-state index is -0.362. The first-order valence-electron chi connectivity index (χ1n) is 9.05. The van der Waals surface area contributed by atoms with Gasteiger partial charge in [-0.2, -0.15) is 0 Å². The minimum absolute atomic E-state index is 0.0463. The lowest BCUT2D eigenvalue weighted by Crippen LogP contribution is -2.32. The van der Waals surface area contributed by atoms with Gasteiger partial charge in [0.25, 0.3) is 0 Å². The molecule has 0 spiro atoms.